The summed E-state index contributed by atoms with van der Waals surface area (Å²) in [6.45, 7) is 4.65. The van der Waals surface area contributed by atoms with Crippen LogP contribution in [0.15, 0.2) is 217 Å². The first kappa shape index (κ1) is 37.5. The highest BCUT2D eigenvalue weighted by Crippen LogP contribution is 2.49. The fourth-order valence-electron chi connectivity index (χ4n) is 9.68. The van der Waals surface area contributed by atoms with Gasteiger partial charge in [0, 0.05) is 32.9 Å². The fourth-order valence-corrected chi connectivity index (χ4v) is 9.68. The van der Waals surface area contributed by atoms with Crippen molar-refractivity contribution in [2.45, 2.75) is 19.3 Å². The fraction of sp³-hybridized carbons (Fsp3) is 0.0500. The van der Waals surface area contributed by atoms with Crippen molar-refractivity contribution in [2.75, 3.05) is 0 Å². The predicted octanol–water partition coefficient (Wildman–Crippen LogP) is 15.7. The minimum absolute atomic E-state index is 0.0128. The van der Waals surface area contributed by atoms with E-state index in [0.717, 1.165) is 72.0 Å². The van der Waals surface area contributed by atoms with Gasteiger partial charge < -0.3 is 4.42 Å². The van der Waals surface area contributed by atoms with Crippen LogP contribution in [0.25, 0.3) is 112 Å². The van der Waals surface area contributed by atoms with Crippen LogP contribution in [-0.2, 0) is 5.41 Å². The van der Waals surface area contributed by atoms with Gasteiger partial charge in [-0.05, 0) is 91.0 Å². The Morgan fingerprint density at radius 2 is 0.797 bits per heavy atom. The maximum atomic E-state index is 6.55. The Morgan fingerprint density at radius 3 is 1.52 bits per heavy atom. The van der Waals surface area contributed by atoms with Crippen molar-refractivity contribution < 1.29 is 4.42 Å². The van der Waals surface area contributed by atoms with E-state index in [1.165, 1.54) is 33.4 Å². The van der Waals surface area contributed by atoms with Crippen LogP contribution in [0.5, 0.6) is 0 Å². The Kier molecular flexibility index (Phi) is 8.80. The highest BCUT2D eigenvalue weighted by atomic mass is 16.3. The van der Waals surface area contributed by atoms with Crippen LogP contribution in [0.3, 0.4) is 0 Å². The maximum Gasteiger partial charge on any atom is 0.164 e. The molecule has 0 N–H and O–H groups in total. The van der Waals surface area contributed by atoms with Crippen LogP contribution in [0, 0.1) is 0 Å². The molecule has 0 unspecified atom stereocenters. The topological polar surface area (TPSA) is 51.8 Å². The predicted molar refractivity (Wildman–Crippen MR) is 263 cm³/mol. The molecule has 0 atom stereocenters. The number of hydrogen-bond donors (Lipinski definition) is 0. The third-order valence-electron chi connectivity index (χ3n) is 13.0. The molecule has 2 aromatic heterocycles. The number of fused-ring (bicyclic) bond motifs is 6. The average Bonchev–Trinajstić information content (AvgIpc) is 3.85. The Labute approximate surface area is 372 Å². The Morgan fingerprint density at radius 1 is 0.312 bits per heavy atom. The van der Waals surface area contributed by atoms with Gasteiger partial charge in [0.05, 0.1) is 0 Å². The molecule has 4 nitrogen and oxygen atoms in total. The molecular formula is C60H41N3O. The number of benzene rings is 9. The van der Waals surface area contributed by atoms with Gasteiger partial charge in [-0.1, -0.05) is 202 Å². The van der Waals surface area contributed by atoms with Gasteiger partial charge >= 0.3 is 0 Å². The first-order valence-electron chi connectivity index (χ1n) is 21.8. The summed E-state index contributed by atoms with van der Waals surface area (Å²) < 4.78 is 6.55. The van der Waals surface area contributed by atoms with Crippen molar-refractivity contribution in [3.8, 4) is 89.8 Å². The molecule has 9 aromatic carbocycles. The van der Waals surface area contributed by atoms with E-state index in [2.05, 4.69) is 196 Å². The van der Waals surface area contributed by atoms with Gasteiger partial charge in [-0.15, -0.1) is 0 Å². The third-order valence-corrected chi connectivity index (χ3v) is 13.0. The molecule has 302 valence electrons. The van der Waals surface area contributed by atoms with Crippen molar-refractivity contribution in [3.05, 3.63) is 223 Å². The molecule has 0 fully saturated rings. The smallest absolute Gasteiger partial charge is 0.164 e. The maximum absolute atomic E-state index is 6.55. The van der Waals surface area contributed by atoms with Crippen LogP contribution in [0.1, 0.15) is 25.0 Å². The molecule has 0 aliphatic heterocycles. The normalized spacial score (nSPS) is 12.7. The number of hydrogen-bond acceptors (Lipinski definition) is 4. The van der Waals surface area contributed by atoms with Crippen LogP contribution in [0.2, 0.25) is 0 Å². The van der Waals surface area contributed by atoms with Gasteiger partial charge in [0.1, 0.15) is 11.2 Å². The second kappa shape index (κ2) is 15.0. The molecule has 0 radical (unpaired) electrons. The number of aromatic nitrogens is 3. The molecule has 64 heavy (non-hydrogen) atoms. The summed E-state index contributed by atoms with van der Waals surface area (Å²) in [6, 6.07) is 74.9. The van der Waals surface area contributed by atoms with E-state index in [0.29, 0.717) is 17.5 Å². The lowest BCUT2D eigenvalue weighted by Crippen LogP contribution is -2.14. The van der Waals surface area contributed by atoms with Gasteiger partial charge in [0.15, 0.2) is 17.5 Å². The van der Waals surface area contributed by atoms with Crippen LogP contribution < -0.4 is 0 Å². The standard InChI is InChI=1S/C60H41N3O/c1-60(2)52-22-12-11-19-47(52)50-36-44(32-34-53(50)60)40-24-26-41(27-25-40)45-33-35-54-51(37-45)56-49(21-13-23-55(56)64-54)59-62-57(43-30-28-39(29-31-43)38-14-5-3-6-15-38)61-58(63-59)48-20-10-9-18-46(48)42-16-7-4-8-17-42/h3-37H,1-2H3. The summed E-state index contributed by atoms with van der Waals surface area (Å²) in [4.78, 5) is 15.7. The van der Waals surface area contributed by atoms with E-state index >= 15 is 0 Å². The van der Waals surface area contributed by atoms with E-state index in [1.54, 1.807) is 0 Å². The average molecular weight is 820 g/mol. The van der Waals surface area contributed by atoms with E-state index in [4.69, 9.17) is 19.4 Å². The summed E-state index contributed by atoms with van der Waals surface area (Å²) >= 11 is 0. The zero-order valence-corrected chi connectivity index (χ0v) is 35.5. The minimum Gasteiger partial charge on any atom is -0.456 e. The molecule has 1 aliphatic rings. The molecule has 11 aromatic rings. The number of rotatable bonds is 7. The first-order valence-corrected chi connectivity index (χ1v) is 21.8. The zero-order valence-electron chi connectivity index (χ0n) is 35.5. The largest absolute Gasteiger partial charge is 0.456 e. The number of furan rings is 1. The van der Waals surface area contributed by atoms with Crippen molar-refractivity contribution in [2.24, 2.45) is 0 Å². The van der Waals surface area contributed by atoms with Crippen molar-refractivity contribution in [1.29, 1.82) is 0 Å². The quantitative estimate of drug-likeness (QED) is 0.161. The van der Waals surface area contributed by atoms with Crippen molar-refractivity contribution in [1.82, 2.24) is 15.0 Å². The lowest BCUT2D eigenvalue weighted by molar-refractivity contribution is 0.660. The van der Waals surface area contributed by atoms with Gasteiger partial charge in [-0.25, -0.2) is 15.0 Å². The molecule has 1 aliphatic carbocycles. The van der Waals surface area contributed by atoms with Gasteiger partial charge in [-0.2, -0.15) is 0 Å². The molecule has 2 heterocycles. The SMILES string of the molecule is CC1(C)c2ccccc2-c2cc(-c3ccc(-c4ccc5oc6cccc(-c7nc(-c8ccc(-c9ccccc9)cc8)nc(-c8ccccc8-c8ccccc8)n7)c6c5c4)cc3)ccc21. The molecule has 0 saturated carbocycles. The summed E-state index contributed by atoms with van der Waals surface area (Å²) in [7, 11) is 0. The molecule has 0 spiro atoms. The van der Waals surface area contributed by atoms with Gasteiger partial charge in [-0.3, -0.25) is 0 Å². The van der Waals surface area contributed by atoms with Crippen LogP contribution >= 0.6 is 0 Å². The van der Waals surface area contributed by atoms with Crippen molar-refractivity contribution >= 4 is 21.9 Å². The third kappa shape index (κ3) is 6.34. The molecule has 0 saturated heterocycles. The second-order valence-electron chi connectivity index (χ2n) is 17.2. The highest BCUT2D eigenvalue weighted by molar-refractivity contribution is 6.13. The highest BCUT2D eigenvalue weighted by Gasteiger charge is 2.35. The number of nitrogens with zero attached hydrogens (tertiary/aromatic N) is 3. The Balaban J connectivity index is 0.961. The minimum atomic E-state index is -0.0128. The van der Waals surface area contributed by atoms with E-state index < -0.39 is 0 Å². The van der Waals surface area contributed by atoms with Crippen LogP contribution in [0.4, 0.5) is 0 Å². The lowest BCUT2D eigenvalue weighted by Gasteiger charge is -2.21. The first-order chi connectivity index (χ1) is 31.5. The van der Waals surface area contributed by atoms with E-state index in [-0.39, 0.29) is 5.41 Å². The lowest BCUT2D eigenvalue weighted by atomic mass is 9.82. The Bertz CT molecular complexity index is 3550. The van der Waals surface area contributed by atoms with Gasteiger partial charge in [0.25, 0.3) is 0 Å². The molecule has 12 rings (SSSR count). The van der Waals surface area contributed by atoms with Gasteiger partial charge in [0.2, 0.25) is 0 Å². The Hall–Kier alpha value is -8.21. The monoisotopic (exact) mass is 819 g/mol. The zero-order chi connectivity index (χ0) is 42.8. The van der Waals surface area contributed by atoms with E-state index in [9.17, 15) is 0 Å². The summed E-state index contributed by atoms with van der Waals surface area (Å²) in [5.74, 6) is 1.79. The summed E-state index contributed by atoms with van der Waals surface area (Å²) in [6.07, 6.45) is 0. The molecule has 0 amide bonds. The van der Waals surface area contributed by atoms with Crippen molar-refractivity contribution in [3.63, 3.8) is 0 Å². The second-order valence-corrected chi connectivity index (χ2v) is 17.2. The summed E-state index contributed by atoms with van der Waals surface area (Å²) in [5.41, 5.74) is 18.8. The van der Waals surface area contributed by atoms with E-state index in [1.807, 2.05) is 30.3 Å². The molecule has 4 heteroatoms. The molecule has 0 bridgehead atoms. The summed E-state index contributed by atoms with van der Waals surface area (Å²) in [5, 5.41) is 1.98. The molecular weight excluding hydrogens is 779 g/mol. The van der Waals surface area contributed by atoms with Crippen LogP contribution in [-0.4, -0.2) is 15.0 Å².